The fourth-order valence-electron chi connectivity index (χ4n) is 4.59. The maximum absolute atomic E-state index is 13.7. The molecule has 10 heteroatoms. The second-order valence-corrected chi connectivity index (χ2v) is 9.31. The summed E-state index contributed by atoms with van der Waals surface area (Å²) in [6, 6.07) is 8.49. The highest BCUT2D eigenvalue weighted by Gasteiger charge is 2.34. The third-order valence-corrected chi connectivity index (χ3v) is 6.94. The number of pyridine rings is 1. The summed E-state index contributed by atoms with van der Waals surface area (Å²) in [5.41, 5.74) is 1.86. The Morgan fingerprint density at radius 3 is 2.50 bits per heavy atom. The van der Waals surface area contributed by atoms with Crippen LogP contribution in [-0.4, -0.2) is 57.3 Å². The summed E-state index contributed by atoms with van der Waals surface area (Å²) in [5, 5.41) is 3.21. The van der Waals surface area contributed by atoms with E-state index in [-0.39, 0.29) is 30.1 Å². The third-order valence-electron chi connectivity index (χ3n) is 6.46. The number of benzene rings is 1. The van der Waals surface area contributed by atoms with Gasteiger partial charge in [0.25, 0.3) is 5.91 Å². The predicted octanol–water partition coefficient (Wildman–Crippen LogP) is 3.83. The first kappa shape index (κ1) is 25.6. The number of nitrogens with one attached hydrogen (secondary N) is 1. The van der Waals surface area contributed by atoms with Crippen LogP contribution in [-0.2, 0) is 11.2 Å². The highest BCUT2D eigenvalue weighted by molar-refractivity contribution is 6.99. The van der Waals surface area contributed by atoms with Gasteiger partial charge in [0.05, 0.1) is 32.1 Å². The molecule has 1 fully saturated rings. The van der Waals surface area contributed by atoms with E-state index < -0.39 is 6.04 Å². The summed E-state index contributed by atoms with van der Waals surface area (Å²) in [7, 11) is 3.17. The van der Waals surface area contributed by atoms with E-state index in [4.69, 9.17) is 9.47 Å². The van der Waals surface area contributed by atoms with Gasteiger partial charge in [0.1, 0.15) is 6.04 Å². The third kappa shape index (κ3) is 6.17. The summed E-state index contributed by atoms with van der Waals surface area (Å²) in [5.74, 6) is 0.698. The zero-order valence-electron chi connectivity index (χ0n) is 20.6. The lowest BCUT2D eigenvalue weighted by atomic mass is 9.94. The number of hydrogen-bond donors (Lipinski definition) is 1. The van der Waals surface area contributed by atoms with Crippen molar-refractivity contribution < 1.29 is 19.1 Å². The van der Waals surface area contributed by atoms with Gasteiger partial charge in [-0.25, -0.2) is 0 Å². The van der Waals surface area contributed by atoms with Gasteiger partial charge in [-0.3, -0.25) is 14.6 Å². The Bertz CT molecular complexity index is 1140. The lowest BCUT2D eigenvalue weighted by Gasteiger charge is -2.33. The van der Waals surface area contributed by atoms with E-state index in [9.17, 15) is 9.59 Å². The molecule has 9 nitrogen and oxygen atoms in total. The molecule has 0 saturated heterocycles. The Morgan fingerprint density at radius 2 is 1.83 bits per heavy atom. The van der Waals surface area contributed by atoms with E-state index in [0.29, 0.717) is 23.5 Å². The topological polar surface area (TPSA) is 107 Å². The number of amides is 2. The Labute approximate surface area is 215 Å². The fourth-order valence-corrected chi connectivity index (χ4v) is 4.99. The van der Waals surface area contributed by atoms with Crippen molar-refractivity contribution in [2.75, 3.05) is 20.8 Å². The minimum Gasteiger partial charge on any atom is -0.493 e. The number of carbonyl (C=O) groups is 2. The molecule has 36 heavy (non-hydrogen) atoms. The lowest BCUT2D eigenvalue weighted by Crippen LogP contribution is -2.47. The molecule has 1 aromatic carbocycles. The quantitative estimate of drug-likeness (QED) is 0.443. The van der Waals surface area contributed by atoms with E-state index >= 15 is 0 Å². The summed E-state index contributed by atoms with van der Waals surface area (Å²) in [6.07, 6.45) is 10.5. The van der Waals surface area contributed by atoms with E-state index in [1.807, 2.05) is 18.2 Å². The van der Waals surface area contributed by atoms with E-state index in [0.717, 1.165) is 43.0 Å². The van der Waals surface area contributed by atoms with Crippen LogP contribution in [0.5, 0.6) is 11.5 Å². The zero-order chi connectivity index (χ0) is 25.3. The van der Waals surface area contributed by atoms with Crippen molar-refractivity contribution in [3.63, 3.8) is 0 Å². The van der Waals surface area contributed by atoms with Crippen molar-refractivity contribution in [3.8, 4) is 11.5 Å². The molecule has 4 rings (SSSR count). The average Bonchev–Trinajstić information content (AvgIpc) is 3.46. The van der Waals surface area contributed by atoms with Gasteiger partial charge in [0.2, 0.25) is 5.91 Å². The SMILES string of the molecule is COc1ccc(CCN(C(=O)c2cnsn2)[C@@H](C(=O)NC2CCCCC2)c2ccncc2)cc1OC. The number of aromatic nitrogens is 3. The van der Waals surface area contributed by atoms with Gasteiger partial charge in [-0.1, -0.05) is 25.3 Å². The second kappa shape index (κ2) is 12.4. The van der Waals surface area contributed by atoms with Crippen molar-refractivity contribution in [2.45, 2.75) is 50.6 Å². The van der Waals surface area contributed by atoms with Gasteiger partial charge in [-0.05, 0) is 54.7 Å². The first-order valence-corrected chi connectivity index (χ1v) is 12.8. The van der Waals surface area contributed by atoms with Crippen LogP contribution < -0.4 is 14.8 Å². The van der Waals surface area contributed by atoms with Crippen LogP contribution in [0, 0.1) is 0 Å². The van der Waals surface area contributed by atoms with Crippen LogP contribution in [0.15, 0.2) is 48.9 Å². The van der Waals surface area contributed by atoms with E-state index in [1.54, 1.807) is 43.6 Å². The van der Waals surface area contributed by atoms with Crippen molar-refractivity contribution in [1.82, 2.24) is 23.9 Å². The van der Waals surface area contributed by atoms with Crippen molar-refractivity contribution >= 4 is 23.5 Å². The molecule has 190 valence electrons. The zero-order valence-corrected chi connectivity index (χ0v) is 21.4. The Morgan fingerprint density at radius 1 is 1.08 bits per heavy atom. The maximum Gasteiger partial charge on any atom is 0.276 e. The lowest BCUT2D eigenvalue weighted by molar-refractivity contribution is -0.126. The van der Waals surface area contributed by atoms with Crippen LogP contribution in [0.4, 0.5) is 0 Å². The van der Waals surface area contributed by atoms with Gasteiger partial charge in [0, 0.05) is 25.0 Å². The number of carbonyl (C=O) groups excluding carboxylic acids is 2. The highest BCUT2D eigenvalue weighted by atomic mass is 32.1. The number of hydrogen-bond acceptors (Lipinski definition) is 8. The maximum atomic E-state index is 13.7. The van der Waals surface area contributed by atoms with Gasteiger partial charge < -0.3 is 19.7 Å². The molecule has 0 spiro atoms. The molecule has 0 unspecified atom stereocenters. The Balaban J connectivity index is 1.65. The normalized spacial score (nSPS) is 14.6. The predicted molar refractivity (Wildman–Crippen MR) is 136 cm³/mol. The molecular formula is C26H31N5O4S. The van der Waals surface area contributed by atoms with Crippen LogP contribution in [0.2, 0.25) is 0 Å². The minimum atomic E-state index is -0.829. The largest absolute Gasteiger partial charge is 0.493 e. The first-order valence-electron chi connectivity index (χ1n) is 12.1. The molecule has 1 aliphatic carbocycles. The van der Waals surface area contributed by atoms with Gasteiger partial charge in [-0.2, -0.15) is 8.75 Å². The van der Waals surface area contributed by atoms with Crippen LogP contribution in [0.25, 0.3) is 0 Å². The molecule has 1 N–H and O–H groups in total. The van der Waals surface area contributed by atoms with Gasteiger partial charge in [-0.15, -0.1) is 0 Å². The Hall–Kier alpha value is -3.53. The fraction of sp³-hybridized carbons (Fsp3) is 0.423. The molecule has 3 aromatic rings. The van der Waals surface area contributed by atoms with Crippen LogP contribution in [0.3, 0.4) is 0 Å². The summed E-state index contributed by atoms with van der Waals surface area (Å²) < 4.78 is 18.9. The van der Waals surface area contributed by atoms with Gasteiger partial charge in [0.15, 0.2) is 17.2 Å². The standard InChI is InChI=1S/C26H31N5O4S/c1-34-22-9-8-18(16-23(22)35-2)12-15-31(26(33)21-17-28-36-30-21)24(19-10-13-27-14-11-19)25(32)29-20-6-4-3-5-7-20/h8-11,13-14,16-17,20,24H,3-7,12,15H2,1-2H3,(H,29,32)/t24-/m1/s1. The van der Waals surface area contributed by atoms with Crippen molar-refractivity contribution in [1.29, 1.82) is 0 Å². The molecule has 2 aromatic heterocycles. The molecular weight excluding hydrogens is 478 g/mol. The van der Waals surface area contributed by atoms with Crippen molar-refractivity contribution in [2.24, 2.45) is 0 Å². The Kier molecular flexibility index (Phi) is 8.83. The molecule has 1 atom stereocenters. The summed E-state index contributed by atoms with van der Waals surface area (Å²) in [6.45, 7) is 0.289. The monoisotopic (exact) mass is 509 g/mol. The van der Waals surface area contributed by atoms with E-state index in [1.165, 1.54) is 12.6 Å². The summed E-state index contributed by atoms with van der Waals surface area (Å²) >= 11 is 0.965. The molecule has 1 saturated carbocycles. The van der Waals surface area contributed by atoms with E-state index in [2.05, 4.69) is 19.0 Å². The molecule has 2 amide bonds. The molecule has 0 bridgehead atoms. The molecule has 2 heterocycles. The average molecular weight is 510 g/mol. The van der Waals surface area contributed by atoms with Crippen LogP contribution >= 0.6 is 11.7 Å². The smallest absolute Gasteiger partial charge is 0.276 e. The van der Waals surface area contributed by atoms with Gasteiger partial charge >= 0.3 is 0 Å². The molecule has 1 aliphatic rings. The number of nitrogens with zero attached hydrogens (tertiary/aromatic N) is 4. The summed E-state index contributed by atoms with van der Waals surface area (Å²) in [4.78, 5) is 33.1. The minimum absolute atomic E-state index is 0.110. The number of rotatable bonds is 10. The first-order chi connectivity index (χ1) is 17.6. The van der Waals surface area contributed by atoms with Crippen molar-refractivity contribution in [3.05, 3.63) is 65.7 Å². The molecule has 0 aliphatic heterocycles. The second-order valence-electron chi connectivity index (χ2n) is 8.76. The molecule has 0 radical (unpaired) electrons. The number of methoxy groups -OCH3 is 2. The number of ether oxygens (including phenoxy) is 2. The highest BCUT2D eigenvalue weighted by Crippen LogP contribution is 2.29. The van der Waals surface area contributed by atoms with Crippen LogP contribution in [0.1, 0.15) is 59.8 Å².